The smallest absolute Gasteiger partial charge is 0.416 e. The number of esters is 1. The number of urea groups is 1. The number of nitrogens with two attached hydrogens (primary N) is 2. The lowest BCUT2D eigenvalue weighted by Gasteiger charge is -2.33. The van der Waals surface area contributed by atoms with Gasteiger partial charge in [-0.1, -0.05) is 12.1 Å². The number of aliphatic hydroxyl groups is 1. The molecule has 13 heteroatoms. The molecule has 1 heterocycles. The van der Waals surface area contributed by atoms with Gasteiger partial charge in [-0.25, -0.2) is 14.2 Å². The summed E-state index contributed by atoms with van der Waals surface area (Å²) in [5.74, 6) is -1.17. The molecule has 0 aromatic heterocycles. The fourth-order valence-electron chi connectivity index (χ4n) is 4.83. The number of allylic oxidation sites excluding steroid dienone is 1. The maximum absolute atomic E-state index is 13.5. The molecule has 2 amide bonds. The summed E-state index contributed by atoms with van der Waals surface area (Å²) >= 11 is 0. The monoisotopic (exact) mass is 573 g/mol. The maximum Gasteiger partial charge on any atom is 0.416 e. The Hall–Kier alpha value is -4.41. The summed E-state index contributed by atoms with van der Waals surface area (Å²) in [5, 5.41) is 18.7. The second-order valence-electron chi connectivity index (χ2n) is 9.50. The predicted molar refractivity (Wildman–Crippen MR) is 143 cm³/mol. The van der Waals surface area contributed by atoms with Crippen molar-refractivity contribution in [2.75, 3.05) is 33.9 Å². The summed E-state index contributed by atoms with van der Waals surface area (Å²) in [6.07, 6.45) is -3.71. The third kappa shape index (κ3) is 6.67. The van der Waals surface area contributed by atoms with Crippen LogP contribution in [0, 0.1) is 11.3 Å². The molecule has 3 rings (SSSR count). The normalized spacial score (nSPS) is 15.8. The number of nitrogens with zero attached hydrogens (tertiary/aromatic N) is 4. The topological polar surface area (TPSA) is 149 Å². The number of nitriles is 1. The number of guanidine groups is 1. The largest absolute Gasteiger partial charge is 0.465 e. The maximum atomic E-state index is 13.5. The summed E-state index contributed by atoms with van der Waals surface area (Å²) in [5.41, 5.74) is 12.7. The molecule has 1 unspecified atom stereocenters. The van der Waals surface area contributed by atoms with Crippen LogP contribution < -0.4 is 11.5 Å². The van der Waals surface area contributed by atoms with Gasteiger partial charge in [0, 0.05) is 19.7 Å². The van der Waals surface area contributed by atoms with E-state index in [2.05, 4.69) is 6.07 Å². The lowest BCUT2D eigenvalue weighted by Crippen LogP contribution is -2.54. The van der Waals surface area contributed by atoms with E-state index in [-0.39, 0.29) is 29.5 Å². The molecule has 5 N–H and O–H groups in total. The highest BCUT2D eigenvalue weighted by Crippen LogP contribution is 2.40. The van der Waals surface area contributed by atoms with Crippen LogP contribution in [0.5, 0.6) is 0 Å². The molecule has 1 aliphatic heterocycles. The number of aliphatic hydroxyl groups excluding tert-OH is 1. The quantitative estimate of drug-likeness (QED) is 0.308. The second-order valence-corrected chi connectivity index (χ2v) is 9.50. The van der Waals surface area contributed by atoms with E-state index in [0.717, 1.165) is 28.7 Å². The first-order valence-electron chi connectivity index (χ1n) is 12.7. The zero-order chi connectivity index (χ0) is 30.5. The minimum Gasteiger partial charge on any atom is -0.465 e. The zero-order valence-corrected chi connectivity index (χ0v) is 22.9. The Kier molecular flexibility index (Phi) is 9.75. The van der Waals surface area contributed by atoms with Crippen LogP contribution >= 0.6 is 0 Å². The first kappa shape index (κ1) is 31.1. The number of hydrogen-bond acceptors (Lipinski definition) is 7. The molecule has 218 valence electrons. The van der Waals surface area contributed by atoms with Gasteiger partial charge in [0.05, 0.1) is 30.0 Å². The minimum atomic E-state index is -4.66. The van der Waals surface area contributed by atoms with Gasteiger partial charge in [-0.2, -0.15) is 23.3 Å². The van der Waals surface area contributed by atoms with Gasteiger partial charge >= 0.3 is 24.1 Å². The number of carbonyl (C=O) groups excluding carboxylic acids is 2. The minimum absolute atomic E-state index is 0.0270. The molecule has 0 bridgehead atoms. The van der Waals surface area contributed by atoms with Crippen molar-refractivity contribution in [2.24, 2.45) is 11.5 Å². The van der Waals surface area contributed by atoms with E-state index in [1.165, 1.54) is 25.1 Å². The molecule has 0 radical (unpaired) electrons. The molecule has 41 heavy (non-hydrogen) atoms. The number of benzene rings is 2. The summed E-state index contributed by atoms with van der Waals surface area (Å²) in [7, 11) is 3.00. The van der Waals surface area contributed by atoms with Crippen LogP contribution in [0.1, 0.15) is 41.6 Å². The molecule has 0 aliphatic carbocycles. The van der Waals surface area contributed by atoms with Crippen LogP contribution in [0.15, 0.2) is 53.7 Å². The zero-order valence-electron chi connectivity index (χ0n) is 22.9. The van der Waals surface area contributed by atoms with E-state index in [1.54, 1.807) is 12.1 Å². The number of hydrogen-bond donors (Lipinski definition) is 3. The first-order valence-corrected chi connectivity index (χ1v) is 12.7. The van der Waals surface area contributed by atoms with Gasteiger partial charge in [0.1, 0.15) is 17.3 Å². The number of likely N-dealkylation sites (N-methyl/N-ethyl adjacent to an activating group) is 1. The Morgan fingerprint density at radius 3 is 2.51 bits per heavy atom. The highest BCUT2D eigenvalue weighted by molar-refractivity contribution is 5.99. The highest BCUT2D eigenvalue weighted by atomic mass is 19.4. The molecule has 2 aromatic rings. The van der Waals surface area contributed by atoms with E-state index >= 15 is 0 Å². The van der Waals surface area contributed by atoms with Crippen LogP contribution in [-0.4, -0.2) is 71.3 Å². The number of rotatable bonds is 9. The van der Waals surface area contributed by atoms with Crippen molar-refractivity contribution in [3.05, 3.63) is 76.0 Å². The van der Waals surface area contributed by atoms with Crippen LogP contribution in [0.4, 0.5) is 23.7 Å². The van der Waals surface area contributed by atoms with Crippen molar-refractivity contribution >= 4 is 23.6 Å². The van der Waals surface area contributed by atoms with Gasteiger partial charge in [0.25, 0.3) is 0 Å². The summed E-state index contributed by atoms with van der Waals surface area (Å²) in [6.45, 7) is 2.63. The number of primary amides is 1. The van der Waals surface area contributed by atoms with Gasteiger partial charge in [-0.15, -0.1) is 0 Å². The van der Waals surface area contributed by atoms with E-state index in [9.17, 15) is 28.0 Å². The van der Waals surface area contributed by atoms with Crippen molar-refractivity contribution in [1.29, 1.82) is 5.26 Å². The van der Waals surface area contributed by atoms with Crippen LogP contribution in [0.25, 0.3) is 0 Å². The van der Waals surface area contributed by atoms with E-state index in [0.29, 0.717) is 42.6 Å². The van der Waals surface area contributed by atoms with E-state index in [1.807, 2.05) is 11.9 Å². The van der Waals surface area contributed by atoms with Crippen molar-refractivity contribution in [1.82, 2.24) is 9.80 Å². The number of halogens is 3. The van der Waals surface area contributed by atoms with Crippen molar-refractivity contribution in [2.45, 2.75) is 32.0 Å². The van der Waals surface area contributed by atoms with Gasteiger partial charge in [-0.05, 0) is 68.3 Å². The molecule has 1 atom stereocenters. The van der Waals surface area contributed by atoms with E-state index in [4.69, 9.17) is 21.3 Å². The third-order valence-electron chi connectivity index (χ3n) is 6.83. The fourth-order valence-corrected chi connectivity index (χ4v) is 4.83. The summed E-state index contributed by atoms with van der Waals surface area (Å²) in [6, 6.07) is 8.83. The standard InChI is InChI=1S/C28H31F3N6O4/c1-17-23(25(39)41-3)24(22-9-8-18(16-32)14-19(22)10-12-35(2)11-5-13-38)37(27(34)40)26(33)36(17)21-7-4-6-20(15-21)28(29,30)31/h4,6-9,14-15,24,33,38H,5,10-13H2,1-3H3,(H2,34,40)/p+1. The van der Waals surface area contributed by atoms with Gasteiger partial charge in [-0.3, -0.25) is 5.73 Å². The molecule has 1 aliphatic rings. The predicted octanol–water partition coefficient (Wildman–Crippen LogP) is 2.98. The van der Waals surface area contributed by atoms with Crippen LogP contribution in [0.3, 0.4) is 0 Å². The Morgan fingerprint density at radius 2 is 1.93 bits per heavy atom. The average Bonchev–Trinajstić information content (AvgIpc) is 2.93. The highest BCUT2D eigenvalue weighted by Gasteiger charge is 2.47. The molecule has 0 saturated carbocycles. The van der Waals surface area contributed by atoms with Gasteiger partial charge in [0.15, 0.2) is 0 Å². The van der Waals surface area contributed by atoms with Crippen molar-refractivity contribution < 1.29 is 37.2 Å². The van der Waals surface area contributed by atoms with Gasteiger partial charge < -0.3 is 20.5 Å². The number of alkyl halides is 3. The van der Waals surface area contributed by atoms with E-state index < -0.39 is 29.8 Å². The SMILES string of the molecule is COC(=O)C1=C(C)[N+](c2cccc(C(F)(F)F)c2)=C(N)N(C(N)=O)C1c1ccc(C#N)cc1CCN(C)CCCO. The number of carbonyl (C=O) groups is 2. The number of methoxy groups -OCH3 is 1. The Labute approximate surface area is 235 Å². The lowest BCUT2D eigenvalue weighted by molar-refractivity contribution is -0.396. The number of amides is 2. The molecule has 10 nitrogen and oxygen atoms in total. The van der Waals surface area contributed by atoms with Crippen LogP contribution in [0.2, 0.25) is 0 Å². The first-order chi connectivity index (χ1) is 19.3. The molecule has 2 aromatic carbocycles. The third-order valence-corrected chi connectivity index (χ3v) is 6.83. The summed E-state index contributed by atoms with van der Waals surface area (Å²) in [4.78, 5) is 29.1. The fraction of sp³-hybridized carbons (Fsp3) is 0.357. The molecule has 0 spiro atoms. The Morgan fingerprint density at radius 1 is 1.22 bits per heavy atom. The second kappa shape index (κ2) is 12.8. The number of ether oxygens (including phenoxy) is 1. The Bertz CT molecular complexity index is 1430. The lowest BCUT2D eigenvalue weighted by atomic mass is 9.88. The van der Waals surface area contributed by atoms with Gasteiger partial charge in [0.2, 0.25) is 0 Å². The molecular formula is C28H32F3N6O4+. The van der Waals surface area contributed by atoms with Crippen LogP contribution in [-0.2, 0) is 22.1 Å². The van der Waals surface area contributed by atoms with Crippen molar-refractivity contribution in [3.63, 3.8) is 0 Å². The average molecular weight is 574 g/mol. The summed E-state index contributed by atoms with van der Waals surface area (Å²) < 4.78 is 46.7. The Balaban J connectivity index is 2.26. The molecular weight excluding hydrogens is 541 g/mol. The van der Waals surface area contributed by atoms with Crippen molar-refractivity contribution in [3.8, 4) is 6.07 Å². The molecule has 0 saturated heterocycles. The molecule has 0 fully saturated rings.